The number of carbonyl (C=O) groups is 1. The van der Waals surface area contributed by atoms with Gasteiger partial charge in [-0.1, -0.05) is 53.0 Å². The molecule has 0 saturated heterocycles. The summed E-state index contributed by atoms with van der Waals surface area (Å²) in [6.45, 7) is 0. The van der Waals surface area contributed by atoms with Gasteiger partial charge in [-0.15, -0.1) is 11.8 Å². The van der Waals surface area contributed by atoms with Crippen LogP contribution < -0.4 is 5.32 Å². The first-order valence-electron chi connectivity index (χ1n) is 7.74. The SMILES string of the molecule is N#CC1=C(SCc2ccc(Cl)c(Cl)c2)NC(=O)C[C@H]1c1ccc(Cl)cc1. The van der Waals surface area contributed by atoms with Crippen LogP contribution in [0.5, 0.6) is 0 Å². The molecule has 3 rings (SSSR count). The van der Waals surface area contributed by atoms with E-state index in [-0.39, 0.29) is 18.2 Å². The molecule has 7 heteroatoms. The molecule has 0 saturated carbocycles. The molecule has 26 heavy (non-hydrogen) atoms. The highest BCUT2D eigenvalue weighted by Crippen LogP contribution is 2.37. The van der Waals surface area contributed by atoms with E-state index in [0.717, 1.165) is 11.1 Å². The van der Waals surface area contributed by atoms with Crippen LogP contribution >= 0.6 is 46.6 Å². The first-order valence-corrected chi connectivity index (χ1v) is 9.86. The molecular formula is C19H13Cl3N2OS. The van der Waals surface area contributed by atoms with Gasteiger partial charge in [-0.05, 0) is 35.4 Å². The molecule has 3 nitrogen and oxygen atoms in total. The summed E-state index contributed by atoms with van der Waals surface area (Å²) in [4.78, 5) is 12.2. The number of hydrogen-bond donors (Lipinski definition) is 1. The van der Waals surface area contributed by atoms with E-state index in [1.807, 2.05) is 18.2 Å². The molecule has 0 radical (unpaired) electrons. The second-order valence-electron chi connectivity index (χ2n) is 5.75. The van der Waals surface area contributed by atoms with Gasteiger partial charge in [0.1, 0.15) is 0 Å². The zero-order valence-electron chi connectivity index (χ0n) is 13.4. The fourth-order valence-corrected chi connectivity index (χ4v) is 4.16. The Morgan fingerprint density at radius 2 is 1.85 bits per heavy atom. The summed E-state index contributed by atoms with van der Waals surface area (Å²) in [6.07, 6.45) is 0.237. The van der Waals surface area contributed by atoms with Crippen molar-refractivity contribution < 1.29 is 4.79 Å². The molecule has 2 aromatic carbocycles. The molecule has 1 amide bonds. The molecule has 0 unspecified atom stereocenters. The van der Waals surface area contributed by atoms with Crippen LogP contribution in [0, 0.1) is 11.3 Å². The number of thioether (sulfide) groups is 1. The number of nitrogens with zero attached hydrogens (tertiary/aromatic N) is 1. The molecule has 0 aliphatic carbocycles. The Morgan fingerprint density at radius 1 is 1.12 bits per heavy atom. The minimum atomic E-state index is -0.276. The molecule has 1 atom stereocenters. The summed E-state index contributed by atoms with van der Waals surface area (Å²) in [6, 6.07) is 14.9. The number of hydrogen-bond acceptors (Lipinski definition) is 3. The van der Waals surface area contributed by atoms with Gasteiger partial charge in [-0.25, -0.2) is 0 Å². The van der Waals surface area contributed by atoms with Gasteiger partial charge in [-0.2, -0.15) is 5.26 Å². The second-order valence-corrected chi connectivity index (χ2v) is 7.98. The van der Waals surface area contributed by atoms with Crippen molar-refractivity contribution in [1.29, 1.82) is 5.26 Å². The number of carbonyl (C=O) groups excluding carboxylic acids is 1. The highest BCUT2D eigenvalue weighted by atomic mass is 35.5. The summed E-state index contributed by atoms with van der Waals surface area (Å²) in [5.41, 5.74) is 2.41. The van der Waals surface area contributed by atoms with Gasteiger partial charge < -0.3 is 5.32 Å². The van der Waals surface area contributed by atoms with E-state index < -0.39 is 0 Å². The van der Waals surface area contributed by atoms with Crippen LogP contribution in [-0.2, 0) is 10.5 Å². The van der Waals surface area contributed by atoms with E-state index in [9.17, 15) is 10.1 Å². The van der Waals surface area contributed by atoms with Crippen molar-refractivity contribution in [1.82, 2.24) is 5.32 Å². The molecule has 2 aromatic rings. The second kappa shape index (κ2) is 8.37. The van der Waals surface area contributed by atoms with Gasteiger partial charge in [0.25, 0.3) is 0 Å². The quantitative estimate of drug-likeness (QED) is 0.664. The van der Waals surface area contributed by atoms with Crippen molar-refractivity contribution in [3.05, 3.63) is 79.3 Å². The van der Waals surface area contributed by atoms with E-state index in [1.165, 1.54) is 11.8 Å². The summed E-state index contributed by atoms with van der Waals surface area (Å²) >= 11 is 19.3. The third-order valence-electron chi connectivity index (χ3n) is 4.00. The van der Waals surface area contributed by atoms with Gasteiger partial charge in [0, 0.05) is 23.1 Å². The lowest BCUT2D eigenvalue weighted by Crippen LogP contribution is -2.30. The lowest BCUT2D eigenvalue weighted by molar-refractivity contribution is -0.120. The molecule has 0 spiro atoms. The number of nitrogens with one attached hydrogen (secondary N) is 1. The van der Waals surface area contributed by atoms with Crippen molar-refractivity contribution in [2.24, 2.45) is 0 Å². The van der Waals surface area contributed by atoms with Crippen molar-refractivity contribution in [2.75, 3.05) is 0 Å². The third kappa shape index (κ3) is 4.36. The zero-order valence-corrected chi connectivity index (χ0v) is 16.5. The first kappa shape index (κ1) is 19.1. The molecule has 0 bridgehead atoms. The number of nitriles is 1. The average molecular weight is 424 g/mol. The van der Waals surface area contributed by atoms with Gasteiger partial charge in [-0.3, -0.25) is 4.79 Å². The monoisotopic (exact) mass is 422 g/mol. The van der Waals surface area contributed by atoms with Crippen molar-refractivity contribution in [3.8, 4) is 6.07 Å². The van der Waals surface area contributed by atoms with Gasteiger partial charge in [0.2, 0.25) is 5.91 Å². The molecule has 1 aliphatic rings. The number of allylic oxidation sites excluding steroid dienone is 1. The Labute approximate surface area is 170 Å². The van der Waals surface area contributed by atoms with E-state index in [2.05, 4.69) is 11.4 Å². The largest absolute Gasteiger partial charge is 0.320 e. The lowest BCUT2D eigenvalue weighted by Gasteiger charge is -2.25. The maximum Gasteiger partial charge on any atom is 0.225 e. The Hall–Kier alpha value is -1.64. The van der Waals surface area contributed by atoms with E-state index >= 15 is 0 Å². The van der Waals surface area contributed by atoms with Crippen LogP contribution in [0.4, 0.5) is 0 Å². The van der Waals surface area contributed by atoms with Gasteiger partial charge in [0.05, 0.1) is 26.7 Å². The van der Waals surface area contributed by atoms with E-state index in [1.54, 1.807) is 24.3 Å². The fourth-order valence-electron chi connectivity index (χ4n) is 2.70. The van der Waals surface area contributed by atoms with Gasteiger partial charge in [0.15, 0.2) is 0 Å². The zero-order chi connectivity index (χ0) is 18.7. The molecule has 1 N–H and O–H groups in total. The van der Waals surface area contributed by atoms with Crippen molar-refractivity contribution >= 4 is 52.5 Å². The van der Waals surface area contributed by atoms with Crippen LogP contribution in [-0.4, -0.2) is 5.91 Å². The first-order chi connectivity index (χ1) is 12.5. The summed E-state index contributed by atoms with van der Waals surface area (Å²) in [5.74, 6) is 0.174. The van der Waals surface area contributed by atoms with Gasteiger partial charge >= 0.3 is 0 Å². The molecule has 1 heterocycles. The molecular weight excluding hydrogens is 411 g/mol. The van der Waals surface area contributed by atoms with Crippen LogP contribution in [0.3, 0.4) is 0 Å². The number of rotatable bonds is 4. The molecule has 0 aromatic heterocycles. The lowest BCUT2D eigenvalue weighted by atomic mass is 9.87. The van der Waals surface area contributed by atoms with Crippen molar-refractivity contribution in [2.45, 2.75) is 18.1 Å². The highest BCUT2D eigenvalue weighted by Gasteiger charge is 2.29. The summed E-state index contributed by atoms with van der Waals surface area (Å²) in [5, 5.41) is 14.7. The van der Waals surface area contributed by atoms with Crippen LogP contribution in [0.25, 0.3) is 0 Å². The average Bonchev–Trinajstić information content (AvgIpc) is 2.63. The van der Waals surface area contributed by atoms with Crippen LogP contribution in [0.1, 0.15) is 23.5 Å². The predicted octanol–water partition coefficient (Wildman–Crippen LogP) is 5.92. The predicted molar refractivity (Wildman–Crippen MR) is 107 cm³/mol. The Kier molecular flexibility index (Phi) is 6.16. The molecule has 132 valence electrons. The minimum absolute atomic E-state index is 0.111. The van der Waals surface area contributed by atoms with E-state index in [0.29, 0.717) is 31.4 Å². The Bertz CT molecular complexity index is 919. The summed E-state index contributed by atoms with van der Waals surface area (Å²) < 4.78 is 0. The van der Waals surface area contributed by atoms with Crippen LogP contribution in [0.2, 0.25) is 15.1 Å². The smallest absolute Gasteiger partial charge is 0.225 e. The molecule has 0 fully saturated rings. The maximum absolute atomic E-state index is 12.2. The molecule has 1 aliphatic heterocycles. The fraction of sp³-hybridized carbons (Fsp3) is 0.158. The van der Waals surface area contributed by atoms with Crippen LogP contribution in [0.15, 0.2) is 53.1 Å². The summed E-state index contributed by atoms with van der Waals surface area (Å²) in [7, 11) is 0. The van der Waals surface area contributed by atoms with Crippen molar-refractivity contribution in [3.63, 3.8) is 0 Å². The Morgan fingerprint density at radius 3 is 2.50 bits per heavy atom. The third-order valence-corrected chi connectivity index (χ3v) is 6.07. The minimum Gasteiger partial charge on any atom is -0.320 e. The normalized spacial score (nSPS) is 17.0. The Balaban J connectivity index is 1.87. The highest BCUT2D eigenvalue weighted by molar-refractivity contribution is 8.02. The number of benzene rings is 2. The number of amides is 1. The number of halogens is 3. The van der Waals surface area contributed by atoms with E-state index in [4.69, 9.17) is 34.8 Å². The topological polar surface area (TPSA) is 52.9 Å². The maximum atomic E-state index is 12.2. The standard InChI is InChI=1S/C19H13Cl3N2OS/c20-13-4-2-12(3-5-13)14-8-18(25)24-19(15(14)9-23)26-10-11-1-6-16(21)17(22)7-11/h1-7,14H,8,10H2,(H,24,25)/t14-/m0/s1.